The number of aromatic nitrogens is 1. The quantitative estimate of drug-likeness (QED) is 0.869. The van der Waals surface area contributed by atoms with Crippen molar-refractivity contribution in [3.05, 3.63) is 16.1 Å². The van der Waals surface area contributed by atoms with Gasteiger partial charge in [0, 0.05) is 24.1 Å². The van der Waals surface area contributed by atoms with Crippen molar-refractivity contribution >= 4 is 36.2 Å². The molecule has 134 valence electrons. The molecule has 2 saturated heterocycles. The van der Waals surface area contributed by atoms with Crippen LogP contribution in [0, 0.1) is 6.92 Å². The van der Waals surface area contributed by atoms with Gasteiger partial charge >= 0.3 is 0 Å². The molecule has 23 heavy (non-hydrogen) atoms. The fourth-order valence-corrected chi connectivity index (χ4v) is 4.41. The van der Waals surface area contributed by atoms with E-state index < -0.39 is 0 Å². The lowest BCUT2D eigenvalue weighted by Gasteiger charge is -2.46. The van der Waals surface area contributed by atoms with E-state index in [0.717, 1.165) is 32.7 Å². The Balaban J connectivity index is 0.00000132. The highest BCUT2D eigenvalue weighted by molar-refractivity contribution is 7.09. The fourth-order valence-electron chi connectivity index (χ4n) is 3.64. The minimum Gasteiger partial charge on any atom is -0.375 e. The molecule has 1 aromatic rings. The monoisotopic (exact) mass is 381 g/mol. The lowest BCUT2D eigenvalue weighted by atomic mass is 9.82. The van der Waals surface area contributed by atoms with E-state index in [0.29, 0.717) is 6.04 Å². The number of aryl methyl sites for hydroxylation is 1. The lowest BCUT2D eigenvalue weighted by Crippen LogP contribution is -2.52. The van der Waals surface area contributed by atoms with Crippen LogP contribution in [0.1, 0.15) is 36.3 Å². The number of rotatable bonds is 4. The summed E-state index contributed by atoms with van der Waals surface area (Å²) in [6.07, 6.45) is 5.84. The summed E-state index contributed by atoms with van der Waals surface area (Å²) in [5, 5.41) is 3.45. The summed E-state index contributed by atoms with van der Waals surface area (Å²) in [5.41, 5.74) is 3.32. The van der Waals surface area contributed by atoms with E-state index in [9.17, 15) is 0 Å². The Morgan fingerprint density at radius 1 is 1.39 bits per heavy atom. The molecule has 2 fully saturated rings. The Kier molecular flexibility index (Phi) is 8.77. The second kappa shape index (κ2) is 9.54. The number of halogens is 2. The van der Waals surface area contributed by atoms with Gasteiger partial charge in [-0.25, -0.2) is 4.98 Å². The van der Waals surface area contributed by atoms with E-state index in [-0.39, 0.29) is 30.4 Å². The molecule has 0 aromatic carbocycles. The highest BCUT2D eigenvalue weighted by Crippen LogP contribution is 2.34. The molecular formula is C16H29Cl2N3OS. The summed E-state index contributed by atoms with van der Waals surface area (Å²) in [6.45, 7) is 6.38. The van der Waals surface area contributed by atoms with Gasteiger partial charge in [-0.3, -0.25) is 0 Å². The van der Waals surface area contributed by atoms with E-state index in [1.807, 2.05) is 5.51 Å². The van der Waals surface area contributed by atoms with Gasteiger partial charge in [0.2, 0.25) is 0 Å². The number of piperidine rings is 1. The number of ether oxygens (including phenoxy) is 1. The maximum absolute atomic E-state index is 6.18. The maximum Gasteiger partial charge on any atom is 0.0797 e. The smallest absolute Gasteiger partial charge is 0.0797 e. The molecule has 0 amide bonds. The van der Waals surface area contributed by atoms with E-state index in [1.165, 1.54) is 36.3 Å². The van der Waals surface area contributed by atoms with Crippen LogP contribution < -0.4 is 5.32 Å². The Morgan fingerprint density at radius 3 is 2.78 bits per heavy atom. The molecule has 0 saturated carbocycles. The molecule has 1 N–H and O–H groups in total. The van der Waals surface area contributed by atoms with E-state index in [1.54, 1.807) is 11.3 Å². The molecule has 3 rings (SSSR count). The van der Waals surface area contributed by atoms with Gasteiger partial charge in [-0.1, -0.05) is 0 Å². The topological polar surface area (TPSA) is 37.4 Å². The van der Waals surface area contributed by atoms with Crippen molar-refractivity contribution in [2.24, 2.45) is 0 Å². The highest BCUT2D eigenvalue weighted by atomic mass is 35.5. The van der Waals surface area contributed by atoms with Gasteiger partial charge in [-0.05, 0) is 59.2 Å². The average Bonchev–Trinajstić information content (AvgIpc) is 2.91. The predicted octanol–water partition coefficient (Wildman–Crippen LogP) is 3.07. The standard InChI is InChI=1S/C16H27N3OS.2ClH/c1-13-15(21-12-18-13)3-9-19(2)14-4-10-20-16(11-14)5-7-17-8-6-16;;/h12,14,17H,3-11H2,1-2H3;2*1H. The van der Waals surface area contributed by atoms with Crippen molar-refractivity contribution in [2.75, 3.05) is 33.3 Å². The Labute approximate surface area is 156 Å². The minimum atomic E-state index is 0. The van der Waals surface area contributed by atoms with Crippen molar-refractivity contribution < 1.29 is 4.74 Å². The van der Waals surface area contributed by atoms with Gasteiger partial charge in [0.25, 0.3) is 0 Å². The van der Waals surface area contributed by atoms with Crippen LogP contribution in [0.15, 0.2) is 5.51 Å². The SMILES string of the molecule is Cc1ncsc1CCN(C)C1CCOC2(CCNCC2)C1.Cl.Cl. The third kappa shape index (κ3) is 5.28. The van der Waals surface area contributed by atoms with Crippen molar-refractivity contribution in [1.82, 2.24) is 15.2 Å². The molecule has 1 aromatic heterocycles. The van der Waals surface area contributed by atoms with Gasteiger partial charge in [-0.2, -0.15) is 0 Å². The van der Waals surface area contributed by atoms with Crippen LogP contribution in [0.25, 0.3) is 0 Å². The van der Waals surface area contributed by atoms with E-state index in [4.69, 9.17) is 4.74 Å². The summed E-state index contributed by atoms with van der Waals surface area (Å²) in [6, 6.07) is 0.671. The van der Waals surface area contributed by atoms with E-state index >= 15 is 0 Å². The van der Waals surface area contributed by atoms with Crippen molar-refractivity contribution in [3.8, 4) is 0 Å². The summed E-state index contributed by atoms with van der Waals surface area (Å²) in [4.78, 5) is 8.33. The zero-order valence-electron chi connectivity index (χ0n) is 14.0. The molecule has 1 spiro atoms. The normalized spacial score (nSPS) is 23.3. The van der Waals surface area contributed by atoms with E-state index in [2.05, 4.69) is 29.2 Å². The van der Waals surface area contributed by atoms with Gasteiger partial charge in [0.15, 0.2) is 0 Å². The second-order valence-corrected chi connectivity index (χ2v) is 7.46. The van der Waals surface area contributed by atoms with Crippen LogP contribution in [-0.2, 0) is 11.2 Å². The first kappa shape index (κ1) is 21.1. The third-order valence-electron chi connectivity index (χ3n) is 5.14. The highest BCUT2D eigenvalue weighted by Gasteiger charge is 2.39. The average molecular weight is 382 g/mol. The summed E-state index contributed by atoms with van der Waals surface area (Å²) in [5.74, 6) is 0. The van der Waals surface area contributed by atoms with Crippen LogP contribution in [0.3, 0.4) is 0 Å². The van der Waals surface area contributed by atoms with Gasteiger partial charge in [0.1, 0.15) is 0 Å². The molecule has 7 heteroatoms. The first-order chi connectivity index (χ1) is 10.2. The minimum absolute atomic E-state index is 0. The fraction of sp³-hybridized carbons (Fsp3) is 0.812. The molecule has 2 aliphatic rings. The van der Waals surface area contributed by atoms with Crippen LogP contribution in [-0.4, -0.2) is 54.8 Å². The van der Waals surface area contributed by atoms with Gasteiger partial charge in [-0.15, -0.1) is 36.2 Å². The maximum atomic E-state index is 6.18. The number of hydrogen-bond acceptors (Lipinski definition) is 5. The molecule has 1 unspecified atom stereocenters. The van der Waals surface area contributed by atoms with Crippen molar-refractivity contribution in [2.45, 2.75) is 50.7 Å². The van der Waals surface area contributed by atoms with Gasteiger partial charge < -0.3 is 15.0 Å². The van der Waals surface area contributed by atoms with Crippen LogP contribution in [0.5, 0.6) is 0 Å². The van der Waals surface area contributed by atoms with Gasteiger partial charge in [0.05, 0.1) is 16.8 Å². The van der Waals surface area contributed by atoms with Crippen molar-refractivity contribution in [3.63, 3.8) is 0 Å². The molecule has 0 radical (unpaired) electrons. The second-order valence-electron chi connectivity index (χ2n) is 6.52. The molecule has 0 aliphatic carbocycles. The third-order valence-corrected chi connectivity index (χ3v) is 6.14. The van der Waals surface area contributed by atoms with Crippen LogP contribution in [0.2, 0.25) is 0 Å². The Bertz CT molecular complexity index is 460. The lowest BCUT2D eigenvalue weighted by molar-refractivity contribution is -0.118. The number of hydrogen-bond donors (Lipinski definition) is 1. The largest absolute Gasteiger partial charge is 0.375 e. The summed E-state index contributed by atoms with van der Waals surface area (Å²) < 4.78 is 6.18. The Morgan fingerprint density at radius 2 is 2.13 bits per heavy atom. The molecular weight excluding hydrogens is 353 g/mol. The Hall–Kier alpha value is 0.0900. The van der Waals surface area contributed by atoms with Crippen LogP contribution >= 0.6 is 36.2 Å². The number of thiazole rings is 1. The first-order valence-electron chi connectivity index (χ1n) is 8.12. The first-order valence-corrected chi connectivity index (χ1v) is 9.00. The number of nitrogens with one attached hydrogen (secondary N) is 1. The van der Waals surface area contributed by atoms with Crippen LogP contribution in [0.4, 0.5) is 0 Å². The molecule has 2 aliphatic heterocycles. The zero-order valence-corrected chi connectivity index (χ0v) is 16.5. The molecule has 1 atom stereocenters. The van der Waals surface area contributed by atoms with Crippen molar-refractivity contribution in [1.29, 1.82) is 0 Å². The summed E-state index contributed by atoms with van der Waals surface area (Å²) in [7, 11) is 2.28. The molecule has 0 bridgehead atoms. The zero-order chi connectivity index (χ0) is 14.7. The molecule has 3 heterocycles. The number of likely N-dealkylation sites (N-methyl/N-ethyl adjacent to an activating group) is 1. The predicted molar refractivity (Wildman–Crippen MR) is 101 cm³/mol. The summed E-state index contributed by atoms with van der Waals surface area (Å²) >= 11 is 1.79. The molecule has 4 nitrogen and oxygen atoms in total. The number of nitrogens with zero attached hydrogens (tertiary/aromatic N) is 2.